The van der Waals surface area contributed by atoms with E-state index in [0.717, 1.165) is 53.3 Å². The number of halogens is 3. The lowest BCUT2D eigenvalue weighted by Gasteiger charge is -2.21. The molecular weight excluding hydrogens is 599 g/mol. The summed E-state index contributed by atoms with van der Waals surface area (Å²) in [6.07, 6.45) is 11.9. The van der Waals surface area contributed by atoms with Crippen molar-refractivity contribution in [2.24, 2.45) is 0 Å². The van der Waals surface area contributed by atoms with E-state index in [1.54, 1.807) is 0 Å². The van der Waals surface area contributed by atoms with Crippen LogP contribution in [0.15, 0.2) is 66.9 Å². The minimum atomic E-state index is -4.39. The van der Waals surface area contributed by atoms with Gasteiger partial charge in [0.25, 0.3) is 0 Å². The number of ether oxygens (including phenoxy) is 1. The van der Waals surface area contributed by atoms with E-state index in [2.05, 4.69) is 49.4 Å². The van der Waals surface area contributed by atoms with Gasteiger partial charge in [0.2, 0.25) is 0 Å². The molecule has 1 heterocycles. The zero-order valence-corrected chi connectivity index (χ0v) is 28.4. The molecule has 0 amide bonds. The summed E-state index contributed by atoms with van der Waals surface area (Å²) in [6, 6.07) is 20.8. The normalized spacial score (nSPS) is 13.0. The molecule has 0 aliphatic carbocycles. The Bertz CT molecular complexity index is 1290. The lowest BCUT2D eigenvalue weighted by molar-refractivity contribution is -0.214. The quantitative estimate of drug-likeness (QED) is 0.103. The molecule has 258 valence electrons. The minimum absolute atomic E-state index is 0.00447. The summed E-state index contributed by atoms with van der Waals surface area (Å²) in [6.45, 7) is 3.27. The van der Waals surface area contributed by atoms with Crippen molar-refractivity contribution in [3.63, 3.8) is 0 Å². The van der Waals surface area contributed by atoms with E-state index in [0.29, 0.717) is 25.7 Å². The van der Waals surface area contributed by atoms with Crippen molar-refractivity contribution in [3.8, 4) is 22.3 Å². The fraction of sp³-hybridized carbons (Fsp3) is 0.550. The summed E-state index contributed by atoms with van der Waals surface area (Å²) in [5, 5.41) is 9.23. The molecule has 2 aromatic carbocycles. The number of pyridine rings is 1. The predicted octanol–water partition coefficient (Wildman–Crippen LogP) is 12.0. The van der Waals surface area contributed by atoms with E-state index >= 15 is 0 Å². The van der Waals surface area contributed by atoms with Crippen LogP contribution in [0.5, 0.6) is 0 Å². The van der Waals surface area contributed by atoms with Crippen molar-refractivity contribution in [2.75, 3.05) is 6.61 Å². The predicted molar refractivity (Wildman–Crippen MR) is 186 cm³/mol. The molecule has 47 heavy (non-hydrogen) atoms. The third-order valence-corrected chi connectivity index (χ3v) is 8.99. The molecule has 0 aliphatic heterocycles. The Balaban J connectivity index is 1.71. The molecule has 0 saturated heterocycles. The molecule has 4 nitrogen and oxygen atoms in total. The zero-order valence-electron chi connectivity index (χ0n) is 28.4. The van der Waals surface area contributed by atoms with E-state index in [1.165, 1.54) is 57.8 Å². The molecule has 1 N–H and O–H groups in total. The average Bonchev–Trinajstić information content (AvgIpc) is 3.06. The van der Waals surface area contributed by atoms with Crippen LogP contribution in [0.4, 0.5) is 13.2 Å². The Morgan fingerprint density at radius 2 is 1.45 bits per heavy atom. The van der Waals surface area contributed by atoms with Gasteiger partial charge in [-0.25, -0.2) is 0 Å². The van der Waals surface area contributed by atoms with E-state index < -0.39 is 18.2 Å². The third-order valence-electron chi connectivity index (χ3n) is 8.99. The van der Waals surface area contributed by atoms with Crippen LogP contribution in [-0.2, 0) is 16.0 Å². The molecule has 1 aromatic heterocycles. The number of carboxylic acids is 1. The van der Waals surface area contributed by atoms with Gasteiger partial charge in [-0.15, -0.1) is 0 Å². The Labute approximate surface area is 280 Å². The monoisotopic (exact) mass is 653 g/mol. The maximum absolute atomic E-state index is 12.9. The molecule has 0 saturated carbocycles. The van der Waals surface area contributed by atoms with Crippen LogP contribution in [0.1, 0.15) is 127 Å². The molecule has 0 aliphatic rings. The van der Waals surface area contributed by atoms with Gasteiger partial charge >= 0.3 is 12.1 Å². The van der Waals surface area contributed by atoms with Gasteiger partial charge in [0.1, 0.15) is 0 Å². The first-order valence-electron chi connectivity index (χ1n) is 17.7. The average molecular weight is 654 g/mol. The molecule has 0 radical (unpaired) electrons. The first-order chi connectivity index (χ1) is 22.7. The molecule has 3 rings (SSSR count). The second-order valence-corrected chi connectivity index (χ2v) is 12.8. The number of carbonyl (C=O) groups is 1. The summed E-state index contributed by atoms with van der Waals surface area (Å²) < 4.78 is 43.8. The maximum atomic E-state index is 12.9. The highest BCUT2D eigenvalue weighted by Crippen LogP contribution is 2.37. The molecule has 3 aromatic rings. The Hall–Kier alpha value is -3.19. The van der Waals surface area contributed by atoms with Gasteiger partial charge in [-0.3, -0.25) is 9.78 Å². The van der Waals surface area contributed by atoms with E-state index in [9.17, 15) is 23.1 Å². The van der Waals surface area contributed by atoms with Gasteiger partial charge in [-0.1, -0.05) is 119 Å². The Kier molecular flexibility index (Phi) is 17.0. The number of aromatic nitrogens is 1. The number of alkyl halides is 3. The van der Waals surface area contributed by atoms with E-state index in [-0.39, 0.29) is 18.9 Å². The number of hydrogen-bond acceptors (Lipinski definition) is 3. The van der Waals surface area contributed by atoms with Crippen LogP contribution in [0.25, 0.3) is 22.3 Å². The first kappa shape index (κ1) is 38.3. The van der Waals surface area contributed by atoms with Gasteiger partial charge in [0.15, 0.2) is 6.10 Å². The number of rotatable bonds is 23. The highest BCUT2D eigenvalue weighted by atomic mass is 19.4. The molecule has 2 unspecified atom stereocenters. The smallest absolute Gasteiger partial charge is 0.414 e. The number of hydrogen-bond donors (Lipinski definition) is 1. The van der Waals surface area contributed by atoms with Gasteiger partial charge in [-0.2, -0.15) is 13.2 Å². The number of carboxylic acid groups (broad SMARTS) is 1. The molecule has 0 fully saturated rings. The largest absolute Gasteiger partial charge is 0.481 e. The van der Waals surface area contributed by atoms with E-state index in [1.807, 2.05) is 24.4 Å². The summed E-state index contributed by atoms with van der Waals surface area (Å²) >= 11 is 0. The molecule has 7 heteroatoms. The number of benzene rings is 2. The lowest BCUT2D eigenvalue weighted by atomic mass is 9.85. The van der Waals surface area contributed by atoms with Crippen LogP contribution in [0, 0.1) is 0 Å². The van der Waals surface area contributed by atoms with Gasteiger partial charge in [0, 0.05) is 30.5 Å². The second kappa shape index (κ2) is 20.9. The maximum Gasteiger partial charge on any atom is 0.414 e. The highest BCUT2D eigenvalue weighted by molar-refractivity contribution is 5.83. The van der Waals surface area contributed by atoms with Gasteiger partial charge in [-0.05, 0) is 79.7 Å². The van der Waals surface area contributed by atoms with E-state index in [4.69, 9.17) is 9.72 Å². The fourth-order valence-corrected chi connectivity index (χ4v) is 6.11. The molecule has 2 atom stereocenters. The van der Waals surface area contributed by atoms with Crippen molar-refractivity contribution in [3.05, 3.63) is 78.1 Å². The van der Waals surface area contributed by atoms with Crippen molar-refractivity contribution < 1.29 is 27.8 Å². The van der Waals surface area contributed by atoms with Crippen LogP contribution in [-0.4, -0.2) is 34.9 Å². The van der Waals surface area contributed by atoms with Crippen LogP contribution in [0.3, 0.4) is 0 Å². The number of aliphatic carboxylic acids is 1. The van der Waals surface area contributed by atoms with Gasteiger partial charge in [0.05, 0.1) is 0 Å². The van der Waals surface area contributed by atoms with Crippen molar-refractivity contribution >= 4 is 5.97 Å². The molecule has 0 bridgehead atoms. The lowest BCUT2D eigenvalue weighted by Crippen LogP contribution is -2.28. The van der Waals surface area contributed by atoms with Crippen LogP contribution >= 0.6 is 0 Å². The number of unbranched alkanes of at least 4 members (excludes halogenated alkanes) is 9. The van der Waals surface area contributed by atoms with Crippen LogP contribution in [0.2, 0.25) is 0 Å². The van der Waals surface area contributed by atoms with Crippen molar-refractivity contribution in [1.29, 1.82) is 0 Å². The highest BCUT2D eigenvalue weighted by Gasteiger charge is 2.36. The second-order valence-electron chi connectivity index (χ2n) is 12.8. The third kappa shape index (κ3) is 14.2. The summed E-state index contributed by atoms with van der Waals surface area (Å²) in [5.74, 6) is -0.860. The summed E-state index contributed by atoms with van der Waals surface area (Å²) in [7, 11) is 0. The summed E-state index contributed by atoms with van der Waals surface area (Å²) in [4.78, 5) is 16.1. The first-order valence-corrected chi connectivity index (χ1v) is 17.7. The Morgan fingerprint density at radius 3 is 2.06 bits per heavy atom. The zero-order chi connectivity index (χ0) is 33.9. The van der Waals surface area contributed by atoms with Gasteiger partial charge < -0.3 is 9.84 Å². The number of nitrogens with zero attached hydrogens (tertiary/aromatic N) is 1. The minimum Gasteiger partial charge on any atom is -0.481 e. The SMILES string of the molecule is CCCCCCCCCCCCc1ccc(-c2cc(C(CCCOC(C)C(F)(F)F)CCCC(=O)O)ccc2-c2ccccc2)cn1. The topological polar surface area (TPSA) is 59.4 Å². The number of aryl methyl sites for hydroxylation is 1. The summed E-state index contributed by atoms with van der Waals surface area (Å²) in [5.41, 5.74) is 6.33. The molecular formula is C40H54F3NO3. The Morgan fingerprint density at radius 1 is 0.787 bits per heavy atom. The van der Waals surface area contributed by atoms with Crippen LogP contribution < -0.4 is 0 Å². The fourth-order valence-electron chi connectivity index (χ4n) is 6.11. The van der Waals surface area contributed by atoms with Crippen molar-refractivity contribution in [1.82, 2.24) is 4.98 Å². The molecule has 0 spiro atoms. The standard InChI is InChI=1S/C40H54F3NO3/c1-3-4-5-6-7-8-9-10-11-15-22-36-26-24-35(30-44-36)38-29-34(25-27-37(38)33-18-13-12-14-19-33)32(20-16-23-39(45)46)21-17-28-47-31(2)40(41,42)43/h12-14,18-19,24-27,29-32H,3-11,15-17,20-23,28H2,1-2H3,(H,45,46). The van der Waals surface area contributed by atoms with Crippen molar-refractivity contribution in [2.45, 2.75) is 135 Å².